The summed E-state index contributed by atoms with van der Waals surface area (Å²) < 4.78 is 5.20. The summed E-state index contributed by atoms with van der Waals surface area (Å²) in [6, 6.07) is 0.813. The molecule has 1 fully saturated rings. The van der Waals surface area contributed by atoms with E-state index in [4.69, 9.17) is 9.52 Å². The molecule has 0 radical (unpaired) electrons. The second kappa shape index (κ2) is 4.77. The fourth-order valence-corrected chi connectivity index (χ4v) is 2.31. The van der Waals surface area contributed by atoms with Gasteiger partial charge in [0.05, 0.1) is 0 Å². The maximum atomic E-state index is 10.7. The zero-order valence-corrected chi connectivity index (χ0v) is 10.2. The lowest BCUT2D eigenvalue weighted by atomic mass is 9.87. The number of oxazole rings is 1. The summed E-state index contributed by atoms with van der Waals surface area (Å²) in [6.07, 6.45) is 5.84. The highest BCUT2D eigenvalue weighted by Crippen LogP contribution is 2.28. The Balaban J connectivity index is 2.03. The van der Waals surface area contributed by atoms with Crippen molar-refractivity contribution in [1.82, 2.24) is 4.98 Å². The van der Waals surface area contributed by atoms with Crippen molar-refractivity contribution < 1.29 is 14.3 Å². The van der Waals surface area contributed by atoms with Crippen LogP contribution in [0.5, 0.6) is 0 Å². The van der Waals surface area contributed by atoms with E-state index in [0.29, 0.717) is 12.1 Å². The van der Waals surface area contributed by atoms with E-state index < -0.39 is 5.97 Å². The zero-order chi connectivity index (χ0) is 12.4. The lowest BCUT2D eigenvalue weighted by Crippen LogP contribution is -2.35. The molecule has 0 bridgehead atoms. The number of aromatic nitrogens is 1. The van der Waals surface area contributed by atoms with Crippen molar-refractivity contribution in [2.24, 2.45) is 5.92 Å². The van der Waals surface area contributed by atoms with Gasteiger partial charge in [-0.1, -0.05) is 6.92 Å². The summed E-state index contributed by atoms with van der Waals surface area (Å²) in [7, 11) is 1.91. The summed E-state index contributed by atoms with van der Waals surface area (Å²) in [6.45, 7) is 2.27. The van der Waals surface area contributed by atoms with Crippen LogP contribution in [0, 0.1) is 5.92 Å². The molecule has 1 heterocycles. The smallest absolute Gasteiger partial charge is 0.357 e. The number of rotatable bonds is 3. The quantitative estimate of drug-likeness (QED) is 0.875. The van der Waals surface area contributed by atoms with Crippen LogP contribution in [0.1, 0.15) is 43.1 Å². The molecule has 1 aromatic heterocycles. The molecule has 1 aliphatic rings. The predicted octanol–water partition coefficient (Wildman–Crippen LogP) is 2.39. The van der Waals surface area contributed by atoms with E-state index in [1.165, 1.54) is 19.1 Å². The molecule has 0 amide bonds. The number of hydrogen-bond donors (Lipinski definition) is 1. The van der Waals surface area contributed by atoms with E-state index >= 15 is 0 Å². The number of carbonyl (C=O) groups is 1. The van der Waals surface area contributed by atoms with Crippen molar-refractivity contribution in [3.63, 3.8) is 0 Å². The molecule has 0 aliphatic heterocycles. The van der Waals surface area contributed by atoms with Crippen molar-refractivity contribution in [3.05, 3.63) is 12.0 Å². The normalized spacial score (nSPS) is 24.6. The second-order valence-electron chi connectivity index (χ2n) is 4.85. The molecule has 17 heavy (non-hydrogen) atoms. The van der Waals surface area contributed by atoms with E-state index in [1.54, 1.807) is 0 Å². The molecule has 1 aliphatic carbocycles. The van der Waals surface area contributed by atoms with Gasteiger partial charge in [0.15, 0.2) is 5.69 Å². The zero-order valence-electron chi connectivity index (χ0n) is 10.2. The Labute approximate surface area is 100 Å². The van der Waals surface area contributed by atoms with Gasteiger partial charge in [0.2, 0.25) is 0 Å². The summed E-state index contributed by atoms with van der Waals surface area (Å²) in [5.74, 6) is -0.260. The number of carboxylic acids is 1. The van der Waals surface area contributed by atoms with Crippen LogP contribution >= 0.6 is 0 Å². The predicted molar refractivity (Wildman–Crippen MR) is 63.3 cm³/mol. The van der Waals surface area contributed by atoms with Gasteiger partial charge in [-0.15, -0.1) is 0 Å². The molecule has 5 heteroatoms. The van der Waals surface area contributed by atoms with Gasteiger partial charge < -0.3 is 14.4 Å². The molecule has 2 rings (SSSR count). The molecule has 0 atom stereocenters. The lowest BCUT2D eigenvalue weighted by Gasteiger charge is -2.32. The molecular formula is C12H18N2O3. The molecule has 0 saturated heterocycles. The van der Waals surface area contributed by atoms with Crippen LogP contribution in [0.3, 0.4) is 0 Å². The number of carboxylic acid groups (broad SMARTS) is 1. The largest absolute Gasteiger partial charge is 0.476 e. The Morgan fingerprint density at radius 1 is 1.47 bits per heavy atom. The minimum atomic E-state index is -1.05. The van der Waals surface area contributed by atoms with Crippen molar-refractivity contribution in [2.75, 3.05) is 11.9 Å². The highest BCUT2D eigenvalue weighted by Gasteiger charge is 2.25. The topological polar surface area (TPSA) is 66.6 Å². The minimum absolute atomic E-state index is 0.0315. The Morgan fingerprint density at radius 2 is 2.12 bits per heavy atom. The first-order valence-electron chi connectivity index (χ1n) is 5.99. The Bertz CT molecular complexity index is 394. The maximum Gasteiger partial charge on any atom is 0.357 e. The third-order valence-electron chi connectivity index (χ3n) is 3.55. The second-order valence-corrected chi connectivity index (χ2v) is 4.85. The molecule has 94 valence electrons. The van der Waals surface area contributed by atoms with E-state index in [1.807, 2.05) is 11.9 Å². The monoisotopic (exact) mass is 238 g/mol. The summed E-state index contributed by atoms with van der Waals surface area (Å²) in [5, 5.41) is 8.78. The van der Waals surface area contributed by atoms with E-state index in [2.05, 4.69) is 11.9 Å². The molecule has 0 spiro atoms. The average Bonchev–Trinajstić information content (AvgIpc) is 2.78. The minimum Gasteiger partial charge on any atom is -0.476 e. The van der Waals surface area contributed by atoms with Crippen molar-refractivity contribution in [2.45, 2.75) is 38.6 Å². The standard InChI is InChI=1S/C12H18N2O3/c1-8-3-5-9(6-4-8)14(2)12-13-10(7-17-12)11(15)16/h7-9H,3-6H2,1-2H3,(H,15,16). The lowest BCUT2D eigenvalue weighted by molar-refractivity contribution is 0.0690. The van der Waals surface area contributed by atoms with Crippen LogP contribution in [-0.2, 0) is 0 Å². The number of hydrogen-bond acceptors (Lipinski definition) is 4. The highest BCUT2D eigenvalue weighted by molar-refractivity contribution is 5.85. The van der Waals surface area contributed by atoms with Gasteiger partial charge >= 0.3 is 5.97 Å². The van der Waals surface area contributed by atoms with Crippen molar-refractivity contribution in [3.8, 4) is 0 Å². The first kappa shape index (κ1) is 12.0. The Hall–Kier alpha value is -1.52. The van der Waals surface area contributed by atoms with Gasteiger partial charge in [0, 0.05) is 13.1 Å². The first-order chi connectivity index (χ1) is 8.08. The third-order valence-corrected chi connectivity index (χ3v) is 3.55. The van der Waals surface area contributed by atoms with Gasteiger partial charge in [0.25, 0.3) is 6.01 Å². The molecule has 1 saturated carbocycles. The molecule has 1 N–H and O–H groups in total. The van der Waals surface area contributed by atoms with Crippen LogP contribution in [0.4, 0.5) is 6.01 Å². The van der Waals surface area contributed by atoms with Gasteiger partial charge in [-0.3, -0.25) is 0 Å². The van der Waals surface area contributed by atoms with Crippen LogP contribution < -0.4 is 4.90 Å². The molecule has 0 aromatic carbocycles. The highest BCUT2D eigenvalue weighted by atomic mass is 16.4. The molecule has 0 unspecified atom stereocenters. The van der Waals surface area contributed by atoms with Gasteiger partial charge in [-0.25, -0.2) is 4.79 Å². The van der Waals surface area contributed by atoms with E-state index in [9.17, 15) is 4.79 Å². The van der Waals surface area contributed by atoms with Crippen LogP contribution in [0.15, 0.2) is 10.7 Å². The van der Waals surface area contributed by atoms with Crippen LogP contribution in [0.25, 0.3) is 0 Å². The van der Waals surface area contributed by atoms with Crippen molar-refractivity contribution in [1.29, 1.82) is 0 Å². The van der Waals surface area contributed by atoms with Crippen molar-refractivity contribution >= 4 is 12.0 Å². The van der Waals surface area contributed by atoms with Gasteiger partial charge in [-0.2, -0.15) is 4.98 Å². The van der Waals surface area contributed by atoms with Crippen LogP contribution in [0.2, 0.25) is 0 Å². The van der Waals surface area contributed by atoms with E-state index in [0.717, 1.165) is 18.8 Å². The van der Waals surface area contributed by atoms with E-state index in [-0.39, 0.29) is 5.69 Å². The number of anilines is 1. The van der Waals surface area contributed by atoms with Gasteiger partial charge in [0.1, 0.15) is 6.26 Å². The SMILES string of the molecule is CC1CCC(N(C)c2nc(C(=O)O)co2)CC1. The third kappa shape index (κ3) is 2.60. The summed E-state index contributed by atoms with van der Waals surface area (Å²) in [4.78, 5) is 16.6. The Kier molecular flexibility index (Phi) is 3.36. The fraction of sp³-hybridized carbons (Fsp3) is 0.667. The molecular weight excluding hydrogens is 220 g/mol. The fourth-order valence-electron chi connectivity index (χ4n) is 2.31. The first-order valence-corrected chi connectivity index (χ1v) is 5.99. The summed E-state index contributed by atoms with van der Waals surface area (Å²) >= 11 is 0. The summed E-state index contributed by atoms with van der Waals surface area (Å²) in [5.41, 5.74) is -0.0315. The number of nitrogens with zero attached hydrogens (tertiary/aromatic N) is 2. The average molecular weight is 238 g/mol. The Morgan fingerprint density at radius 3 is 2.65 bits per heavy atom. The maximum absolute atomic E-state index is 10.7. The molecule has 5 nitrogen and oxygen atoms in total. The molecule has 1 aromatic rings. The van der Waals surface area contributed by atoms with Gasteiger partial charge in [-0.05, 0) is 31.6 Å². The van der Waals surface area contributed by atoms with Crippen LogP contribution in [-0.4, -0.2) is 29.1 Å². The number of aromatic carboxylic acids is 1.